The summed E-state index contributed by atoms with van der Waals surface area (Å²) in [5.41, 5.74) is 1.90. The molecular weight excluding hydrogens is 279 g/mol. The van der Waals surface area contributed by atoms with Crippen LogP contribution in [0.25, 0.3) is 0 Å². The molecule has 0 aliphatic carbocycles. The third kappa shape index (κ3) is 3.50. The summed E-state index contributed by atoms with van der Waals surface area (Å²) in [6.07, 6.45) is 0.517. The lowest BCUT2D eigenvalue weighted by atomic mass is 9.88. The molecule has 0 aliphatic rings. The highest BCUT2D eigenvalue weighted by atomic mass is 35.5. The first-order valence-electron chi connectivity index (χ1n) is 6.12. The molecule has 0 spiro atoms. The van der Waals surface area contributed by atoms with Gasteiger partial charge >= 0.3 is 0 Å². The SMILES string of the molecule is Cc1ccc(C(C)(O)Cc2ccc(Cl)cc2)cc1Cl. The van der Waals surface area contributed by atoms with Crippen LogP contribution in [0.4, 0.5) is 0 Å². The second-order valence-electron chi connectivity index (χ2n) is 5.04. The van der Waals surface area contributed by atoms with Crippen LogP contribution in [0.3, 0.4) is 0 Å². The van der Waals surface area contributed by atoms with Crippen LogP contribution >= 0.6 is 23.2 Å². The monoisotopic (exact) mass is 294 g/mol. The Morgan fingerprint density at radius 1 is 1.05 bits per heavy atom. The van der Waals surface area contributed by atoms with Crippen LogP contribution in [0.2, 0.25) is 10.0 Å². The lowest BCUT2D eigenvalue weighted by Gasteiger charge is -2.24. The molecule has 0 saturated carbocycles. The largest absolute Gasteiger partial charge is 0.385 e. The van der Waals surface area contributed by atoms with Crippen molar-refractivity contribution in [3.63, 3.8) is 0 Å². The number of hydrogen-bond acceptors (Lipinski definition) is 1. The van der Waals surface area contributed by atoms with Gasteiger partial charge < -0.3 is 5.11 Å². The van der Waals surface area contributed by atoms with Gasteiger partial charge in [0, 0.05) is 16.5 Å². The minimum atomic E-state index is -0.953. The van der Waals surface area contributed by atoms with Crippen LogP contribution in [-0.4, -0.2) is 5.11 Å². The van der Waals surface area contributed by atoms with Crippen molar-refractivity contribution >= 4 is 23.2 Å². The van der Waals surface area contributed by atoms with Gasteiger partial charge in [-0.3, -0.25) is 0 Å². The molecule has 0 bridgehead atoms. The highest BCUT2D eigenvalue weighted by Gasteiger charge is 2.24. The van der Waals surface area contributed by atoms with Crippen LogP contribution in [0, 0.1) is 6.92 Å². The van der Waals surface area contributed by atoms with E-state index >= 15 is 0 Å². The second kappa shape index (κ2) is 5.54. The predicted octanol–water partition coefficient (Wildman–Crippen LogP) is 4.75. The summed E-state index contributed by atoms with van der Waals surface area (Å²) in [4.78, 5) is 0. The molecule has 0 amide bonds. The quantitative estimate of drug-likeness (QED) is 0.866. The fourth-order valence-electron chi connectivity index (χ4n) is 2.03. The Bertz CT molecular complexity index is 574. The smallest absolute Gasteiger partial charge is 0.0909 e. The van der Waals surface area contributed by atoms with Gasteiger partial charge in [0.2, 0.25) is 0 Å². The highest BCUT2D eigenvalue weighted by molar-refractivity contribution is 6.31. The van der Waals surface area contributed by atoms with Gasteiger partial charge in [-0.15, -0.1) is 0 Å². The van der Waals surface area contributed by atoms with Gasteiger partial charge in [0.05, 0.1) is 5.60 Å². The minimum absolute atomic E-state index is 0.517. The predicted molar refractivity (Wildman–Crippen MR) is 80.9 cm³/mol. The van der Waals surface area contributed by atoms with Gasteiger partial charge in [-0.2, -0.15) is 0 Å². The topological polar surface area (TPSA) is 20.2 Å². The summed E-state index contributed by atoms with van der Waals surface area (Å²) >= 11 is 12.0. The molecule has 0 heterocycles. The van der Waals surface area contributed by atoms with E-state index in [0.29, 0.717) is 16.5 Å². The lowest BCUT2D eigenvalue weighted by molar-refractivity contribution is 0.0576. The molecule has 1 atom stereocenters. The molecule has 2 rings (SSSR count). The summed E-state index contributed by atoms with van der Waals surface area (Å²) < 4.78 is 0. The van der Waals surface area contributed by atoms with Gasteiger partial charge in [-0.05, 0) is 48.7 Å². The number of aliphatic hydroxyl groups is 1. The fraction of sp³-hybridized carbons (Fsp3) is 0.250. The normalized spacial score (nSPS) is 14.2. The number of halogens is 2. The van der Waals surface area contributed by atoms with Crippen molar-refractivity contribution in [2.75, 3.05) is 0 Å². The van der Waals surface area contributed by atoms with Gasteiger partial charge in [0.25, 0.3) is 0 Å². The van der Waals surface area contributed by atoms with Crippen molar-refractivity contribution < 1.29 is 5.11 Å². The first-order valence-corrected chi connectivity index (χ1v) is 6.87. The Balaban J connectivity index is 2.26. The standard InChI is InChI=1S/C16H16Cl2O/c1-11-3-6-13(9-15(11)18)16(2,19)10-12-4-7-14(17)8-5-12/h3-9,19H,10H2,1-2H3. The summed E-state index contributed by atoms with van der Waals surface area (Å²) in [5, 5.41) is 12.0. The van der Waals surface area contributed by atoms with Crippen LogP contribution < -0.4 is 0 Å². The van der Waals surface area contributed by atoms with Gasteiger partial charge in [-0.25, -0.2) is 0 Å². The van der Waals surface area contributed by atoms with Crippen molar-refractivity contribution in [3.05, 3.63) is 69.2 Å². The first-order chi connectivity index (χ1) is 8.88. The van der Waals surface area contributed by atoms with Crippen molar-refractivity contribution in [3.8, 4) is 0 Å². The molecule has 2 aromatic carbocycles. The molecule has 0 aromatic heterocycles. The molecule has 19 heavy (non-hydrogen) atoms. The molecule has 100 valence electrons. The number of benzene rings is 2. The van der Waals surface area contributed by atoms with Crippen molar-refractivity contribution in [1.82, 2.24) is 0 Å². The van der Waals surface area contributed by atoms with Crippen molar-refractivity contribution in [1.29, 1.82) is 0 Å². The van der Waals surface area contributed by atoms with Crippen LogP contribution in [-0.2, 0) is 12.0 Å². The van der Waals surface area contributed by atoms with E-state index in [2.05, 4.69) is 0 Å². The molecule has 3 heteroatoms. The zero-order valence-electron chi connectivity index (χ0n) is 11.0. The van der Waals surface area contributed by atoms with E-state index < -0.39 is 5.60 Å². The van der Waals surface area contributed by atoms with Crippen molar-refractivity contribution in [2.24, 2.45) is 0 Å². The molecule has 1 N–H and O–H groups in total. The van der Waals surface area contributed by atoms with E-state index in [1.54, 1.807) is 6.92 Å². The Kier molecular flexibility index (Phi) is 4.19. The molecule has 2 aromatic rings. The maximum absolute atomic E-state index is 10.6. The molecule has 0 saturated heterocycles. The summed E-state index contributed by atoms with van der Waals surface area (Å²) in [5.74, 6) is 0. The maximum atomic E-state index is 10.6. The summed E-state index contributed by atoms with van der Waals surface area (Å²) in [7, 11) is 0. The van der Waals surface area contributed by atoms with E-state index in [4.69, 9.17) is 23.2 Å². The lowest BCUT2D eigenvalue weighted by Crippen LogP contribution is -2.24. The Morgan fingerprint density at radius 3 is 2.26 bits per heavy atom. The van der Waals surface area contributed by atoms with E-state index in [0.717, 1.165) is 16.7 Å². The van der Waals surface area contributed by atoms with Crippen LogP contribution in [0.15, 0.2) is 42.5 Å². The van der Waals surface area contributed by atoms with Gasteiger partial charge in [0.1, 0.15) is 0 Å². The van der Waals surface area contributed by atoms with E-state index in [1.165, 1.54) is 0 Å². The third-order valence-electron chi connectivity index (χ3n) is 3.26. The molecule has 1 nitrogen and oxygen atoms in total. The number of rotatable bonds is 3. The molecule has 0 radical (unpaired) electrons. The zero-order chi connectivity index (χ0) is 14.0. The van der Waals surface area contributed by atoms with E-state index in [-0.39, 0.29) is 0 Å². The van der Waals surface area contributed by atoms with Gasteiger partial charge in [0.15, 0.2) is 0 Å². The Morgan fingerprint density at radius 2 is 1.68 bits per heavy atom. The average Bonchev–Trinajstić information content (AvgIpc) is 2.35. The average molecular weight is 295 g/mol. The fourth-order valence-corrected chi connectivity index (χ4v) is 2.34. The van der Waals surface area contributed by atoms with Gasteiger partial charge in [-0.1, -0.05) is 47.5 Å². The Hall–Kier alpha value is -1.02. The molecule has 0 aliphatic heterocycles. The third-order valence-corrected chi connectivity index (χ3v) is 3.91. The zero-order valence-corrected chi connectivity index (χ0v) is 12.5. The van der Waals surface area contributed by atoms with Crippen LogP contribution in [0.5, 0.6) is 0 Å². The number of aryl methyl sites for hydroxylation is 1. The summed E-state index contributed by atoms with van der Waals surface area (Å²) in [6.45, 7) is 3.74. The van der Waals surface area contributed by atoms with E-state index in [9.17, 15) is 5.11 Å². The number of hydrogen-bond donors (Lipinski definition) is 1. The molecule has 0 fully saturated rings. The summed E-state index contributed by atoms with van der Waals surface area (Å²) in [6, 6.07) is 13.2. The minimum Gasteiger partial charge on any atom is -0.385 e. The highest BCUT2D eigenvalue weighted by Crippen LogP contribution is 2.29. The Labute approximate surface area is 123 Å². The van der Waals surface area contributed by atoms with E-state index in [1.807, 2.05) is 49.4 Å². The molecular formula is C16H16Cl2O. The first kappa shape index (κ1) is 14.4. The maximum Gasteiger partial charge on any atom is 0.0909 e. The second-order valence-corrected chi connectivity index (χ2v) is 5.88. The van der Waals surface area contributed by atoms with Crippen LogP contribution in [0.1, 0.15) is 23.6 Å². The molecule has 1 unspecified atom stereocenters. The van der Waals surface area contributed by atoms with Crippen molar-refractivity contribution in [2.45, 2.75) is 25.9 Å².